The van der Waals surface area contributed by atoms with Gasteiger partial charge in [-0.15, -0.1) is 0 Å². The van der Waals surface area contributed by atoms with Crippen LogP contribution in [0.5, 0.6) is 0 Å². The van der Waals surface area contributed by atoms with Gasteiger partial charge in [-0.05, 0) is 44.1 Å². The van der Waals surface area contributed by atoms with E-state index in [9.17, 15) is 4.79 Å². The third-order valence-corrected chi connectivity index (χ3v) is 4.40. The summed E-state index contributed by atoms with van der Waals surface area (Å²) in [5.74, 6) is 0. The molecule has 0 aliphatic rings. The van der Waals surface area contributed by atoms with E-state index in [0.717, 1.165) is 17.0 Å². The Kier molecular flexibility index (Phi) is 4.81. The standard InChI is InChI=1S/C20H19N5O/c1-13-18(11-21)20(26)23-22-19(13)10-9-17-14(2)24-25(15(17)3)12-16-7-5-4-6-8-16/h4-10H,12H2,1-3H3,(H,23,26)/b10-9+. The largest absolute Gasteiger partial charge is 0.282 e. The van der Waals surface area contributed by atoms with Crippen molar-refractivity contribution in [3.05, 3.63) is 80.0 Å². The van der Waals surface area contributed by atoms with Gasteiger partial charge in [0.25, 0.3) is 5.56 Å². The van der Waals surface area contributed by atoms with Crippen LogP contribution in [-0.4, -0.2) is 20.0 Å². The first-order valence-electron chi connectivity index (χ1n) is 8.26. The van der Waals surface area contributed by atoms with Gasteiger partial charge in [0.1, 0.15) is 11.6 Å². The molecule has 0 amide bonds. The molecule has 0 radical (unpaired) electrons. The highest BCUT2D eigenvalue weighted by Crippen LogP contribution is 2.18. The van der Waals surface area contributed by atoms with Crippen molar-refractivity contribution in [1.82, 2.24) is 20.0 Å². The van der Waals surface area contributed by atoms with Crippen LogP contribution in [0, 0.1) is 32.1 Å². The maximum atomic E-state index is 11.6. The van der Waals surface area contributed by atoms with Crippen LogP contribution in [0.15, 0.2) is 35.1 Å². The number of benzene rings is 1. The maximum Gasteiger partial charge on any atom is 0.282 e. The molecule has 130 valence electrons. The molecule has 0 aliphatic carbocycles. The molecule has 0 spiro atoms. The number of hydrogen-bond donors (Lipinski definition) is 1. The van der Waals surface area contributed by atoms with Crippen LogP contribution < -0.4 is 5.56 Å². The Morgan fingerprint density at radius 1 is 1.19 bits per heavy atom. The zero-order valence-corrected chi connectivity index (χ0v) is 14.9. The predicted molar refractivity (Wildman–Crippen MR) is 100 cm³/mol. The van der Waals surface area contributed by atoms with Crippen molar-refractivity contribution < 1.29 is 0 Å². The average molecular weight is 345 g/mol. The van der Waals surface area contributed by atoms with Gasteiger partial charge in [0, 0.05) is 11.3 Å². The highest BCUT2D eigenvalue weighted by Gasteiger charge is 2.11. The Hall–Kier alpha value is -3.46. The van der Waals surface area contributed by atoms with Crippen molar-refractivity contribution in [2.75, 3.05) is 0 Å². The van der Waals surface area contributed by atoms with Crippen molar-refractivity contribution in [2.24, 2.45) is 0 Å². The first-order chi connectivity index (χ1) is 12.5. The SMILES string of the molecule is Cc1nn(Cc2ccccc2)c(C)c1/C=C/c1n[nH]c(=O)c(C#N)c1C. The minimum atomic E-state index is -0.467. The first kappa shape index (κ1) is 17.4. The summed E-state index contributed by atoms with van der Waals surface area (Å²) >= 11 is 0. The number of rotatable bonds is 4. The zero-order chi connectivity index (χ0) is 18.7. The molecule has 0 fully saturated rings. The Bertz CT molecular complexity index is 1070. The van der Waals surface area contributed by atoms with Gasteiger partial charge in [-0.3, -0.25) is 9.48 Å². The predicted octanol–water partition coefficient (Wildman–Crippen LogP) is 2.98. The minimum Gasteiger partial charge on any atom is -0.267 e. The molecule has 0 atom stereocenters. The van der Waals surface area contributed by atoms with Crippen LogP contribution in [0.1, 0.15) is 39.3 Å². The van der Waals surface area contributed by atoms with Gasteiger partial charge in [0.05, 0.1) is 17.9 Å². The van der Waals surface area contributed by atoms with Gasteiger partial charge in [-0.25, -0.2) is 5.10 Å². The highest BCUT2D eigenvalue weighted by molar-refractivity contribution is 5.72. The fourth-order valence-electron chi connectivity index (χ4n) is 2.87. The Balaban J connectivity index is 1.93. The van der Waals surface area contributed by atoms with Crippen LogP contribution in [0.3, 0.4) is 0 Å². The molecule has 2 heterocycles. The third-order valence-electron chi connectivity index (χ3n) is 4.40. The highest BCUT2D eigenvalue weighted by atomic mass is 16.1. The zero-order valence-electron chi connectivity index (χ0n) is 14.9. The summed E-state index contributed by atoms with van der Waals surface area (Å²) in [4.78, 5) is 11.6. The lowest BCUT2D eigenvalue weighted by Crippen LogP contribution is -2.15. The Labute approximate surface area is 151 Å². The van der Waals surface area contributed by atoms with E-state index in [0.29, 0.717) is 17.8 Å². The van der Waals surface area contributed by atoms with E-state index in [-0.39, 0.29) is 5.56 Å². The van der Waals surface area contributed by atoms with Gasteiger partial charge >= 0.3 is 0 Å². The number of aromatic nitrogens is 4. The van der Waals surface area contributed by atoms with E-state index in [1.54, 1.807) is 13.0 Å². The Morgan fingerprint density at radius 3 is 2.62 bits per heavy atom. The lowest BCUT2D eigenvalue weighted by atomic mass is 10.1. The fraction of sp³-hybridized carbons (Fsp3) is 0.200. The van der Waals surface area contributed by atoms with Gasteiger partial charge in [-0.2, -0.15) is 15.5 Å². The molecule has 6 nitrogen and oxygen atoms in total. The van der Waals surface area contributed by atoms with Crippen molar-refractivity contribution in [1.29, 1.82) is 5.26 Å². The van der Waals surface area contributed by atoms with E-state index in [1.165, 1.54) is 5.56 Å². The lowest BCUT2D eigenvalue weighted by Gasteiger charge is -2.04. The monoisotopic (exact) mass is 345 g/mol. The summed E-state index contributed by atoms with van der Waals surface area (Å²) in [7, 11) is 0. The van der Waals surface area contributed by atoms with Crippen molar-refractivity contribution in [3.8, 4) is 6.07 Å². The Morgan fingerprint density at radius 2 is 1.92 bits per heavy atom. The van der Waals surface area contributed by atoms with Gasteiger partial charge < -0.3 is 0 Å². The summed E-state index contributed by atoms with van der Waals surface area (Å²) in [5, 5.41) is 20.1. The molecule has 3 rings (SSSR count). The minimum absolute atomic E-state index is 0.0906. The smallest absolute Gasteiger partial charge is 0.267 e. The first-order valence-corrected chi connectivity index (χ1v) is 8.26. The second-order valence-corrected chi connectivity index (χ2v) is 6.11. The summed E-state index contributed by atoms with van der Waals surface area (Å²) in [6, 6.07) is 12.1. The van der Waals surface area contributed by atoms with E-state index in [2.05, 4.69) is 27.4 Å². The van der Waals surface area contributed by atoms with Gasteiger partial charge in [0.15, 0.2) is 0 Å². The van der Waals surface area contributed by atoms with E-state index >= 15 is 0 Å². The molecular formula is C20H19N5O. The van der Waals surface area contributed by atoms with Gasteiger partial charge in [0.2, 0.25) is 0 Å². The second kappa shape index (κ2) is 7.19. The third kappa shape index (κ3) is 3.33. The molecule has 3 aromatic rings. The number of nitrogens with one attached hydrogen (secondary N) is 1. The number of nitrogens with zero attached hydrogens (tertiary/aromatic N) is 4. The molecule has 1 aromatic carbocycles. The molecule has 0 bridgehead atoms. The van der Waals surface area contributed by atoms with Crippen molar-refractivity contribution in [3.63, 3.8) is 0 Å². The molecule has 0 unspecified atom stereocenters. The molecule has 2 aromatic heterocycles. The summed E-state index contributed by atoms with van der Waals surface area (Å²) in [5.41, 5.74) is 4.91. The summed E-state index contributed by atoms with van der Waals surface area (Å²) in [6.07, 6.45) is 3.73. The average Bonchev–Trinajstić information content (AvgIpc) is 2.89. The van der Waals surface area contributed by atoms with E-state index in [1.807, 2.05) is 48.9 Å². The number of H-pyrrole nitrogens is 1. The van der Waals surface area contributed by atoms with E-state index in [4.69, 9.17) is 5.26 Å². The number of aromatic amines is 1. The maximum absolute atomic E-state index is 11.6. The van der Waals surface area contributed by atoms with Crippen LogP contribution in [-0.2, 0) is 6.54 Å². The fourth-order valence-corrected chi connectivity index (χ4v) is 2.87. The molecule has 6 heteroatoms. The number of hydrogen-bond acceptors (Lipinski definition) is 4. The topological polar surface area (TPSA) is 87.4 Å². The summed E-state index contributed by atoms with van der Waals surface area (Å²) < 4.78 is 1.97. The molecule has 0 saturated heterocycles. The molecule has 1 N–H and O–H groups in total. The number of nitriles is 1. The molecular weight excluding hydrogens is 326 g/mol. The summed E-state index contributed by atoms with van der Waals surface area (Å²) in [6.45, 7) is 6.41. The van der Waals surface area contributed by atoms with Crippen LogP contribution in [0.25, 0.3) is 12.2 Å². The van der Waals surface area contributed by atoms with Crippen LogP contribution in [0.2, 0.25) is 0 Å². The van der Waals surface area contributed by atoms with Crippen molar-refractivity contribution in [2.45, 2.75) is 27.3 Å². The quantitative estimate of drug-likeness (QED) is 0.787. The lowest BCUT2D eigenvalue weighted by molar-refractivity contribution is 0.659. The van der Waals surface area contributed by atoms with Gasteiger partial charge in [-0.1, -0.05) is 30.3 Å². The van der Waals surface area contributed by atoms with Crippen molar-refractivity contribution >= 4 is 12.2 Å². The second-order valence-electron chi connectivity index (χ2n) is 6.11. The molecule has 0 aliphatic heterocycles. The van der Waals surface area contributed by atoms with Crippen LogP contribution in [0.4, 0.5) is 0 Å². The normalized spacial score (nSPS) is 11.0. The molecule has 0 saturated carbocycles. The number of aryl methyl sites for hydroxylation is 1. The van der Waals surface area contributed by atoms with Crippen LogP contribution >= 0.6 is 0 Å². The molecule has 26 heavy (non-hydrogen) atoms. The van der Waals surface area contributed by atoms with E-state index < -0.39 is 5.56 Å².